The molecule has 0 bridgehead atoms. The first-order valence-electron chi connectivity index (χ1n) is 14.0. The van der Waals surface area contributed by atoms with Crippen molar-refractivity contribution in [3.8, 4) is 5.75 Å². The fraction of sp³-hybridized carbons (Fsp3) is 0.581. The van der Waals surface area contributed by atoms with Gasteiger partial charge in [0.1, 0.15) is 12.3 Å². The van der Waals surface area contributed by atoms with Gasteiger partial charge in [0.15, 0.2) is 11.7 Å². The number of hydrogen-bond acceptors (Lipinski definition) is 4. The van der Waals surface area contributed by atoms with Gasteiger partial charge in [-0.05, 0) is 67.3 Å². The van der Waals surface area contributed by atoms with E-state index in [1.807, 2.05) is 30.3 Å². The van der Waals surface area contributed by atoms with Crippen LogP contribution in [0, 0.1) is 5.92 Å². The Morgan fingerprint density at radius 3 is 2.49 bits per heavy atom. The Balaban J connectivity index is 0.00000320. The Bertz CT molecular complexity index is 1040. The van der Waals surface area contributed by atoms with E-state index in [1.165, 1.54) is 36.8 Å². The third kappa shape index (κ3) is 6.40. The maximum Gasteiger partial charge on any atom is 0.343 e. The highest BCUT2D eigenvalue weighted by Gasteiger charge is 2.49. The van der Waals surface area contributed by atoms with Gasteiger partial charge in [-0.2, -0.15) is 0 Å². The van der Waals surface area contributed by atoms with Crippen molar-refractivity contribution >= 4 is 5.97 Å². The summed E-state index contributed by atoms with van der Waals surface area (Å²) in [4.78, 5) is 13.4. The number of nitrogens with zero attached hydrogens (tertiary/aromatic N) is 1. The number of aryl methyl sites for hydroxylation is 2. The average molecular weight is 573 g/mol. The minimum absolute atomic E-state index is 0. The number of hydrogen-bond donors (Lipinski definition) is 1. The molecular weight excluding hydrogens is 530 g/mol. The molecule has 2 aromatic carbocycles. The van der Waals surface area contributed by atoms with E-state index in [4.69, 9.17) is 9.47 Å². The number of fused-ring (bicyclic) bond motifs is 1. The summed E-state index contributed by atoms with van der Waals surface area (Å²) in [6.07, 6.45) is 10.4. The van der Waals surface area contributed by atoms with Gasteiger partial charge in [-0.25, -0.2) is 4.79 Å². The van der Waals surface area contributed by atoms with Crippen LogP contribution in [0.3, 0.4) is 0 Å². The van der Waals surface area contributed by atoms with Crippen molar-refractivity contribution in [3.63, 3.8) is 0 Å². The van der Waals surface area contributed by atoms with E-state index < -0.39 is 11.6 Å². The normalized spacial score (nSPS) is 25.1. The summed E-state index contributed by atoms with van der Waals surface area (Å²) < 4.78 is 13.0. The molecule has 2 aliphatic carbocycles. The number of likely N-dealkylation sites (tertiary alicyclic amines) is 1. The molecule has 2 fully saturated rings. The van der Waals surface area contributed by atoms with E-state index in [-0.39, 0.29) is 29.0 Å². The summed E-state index contributed by atoms with van der Waals surface area (Å²) in [7, 11) is 2.24. The molecule has 3 atom stereocenters. The number of halogens is 1. The van der Waals surface area contributed by atoms with Gasteiger partial charge in [-0.15, -0.1) is 0 Å². The van der Waals surface area contributed by atoms with E-state index in [9.17, 15) is 9.90 Å². The van der Waals surface area contributed by atoms with Crippen LogP contribution < -0.4 is 21.7 Å². The van der Waals surface area contributed by atoms with E-state index in [0.717, 1.165) is 68.4 Å². The highest BCUT2D eigenvalue weighted by atomic mass is 79.9. The number of ether oxygens (including phenoxy) is 2. The molecule has 2 aromatic rings. The summed E-state index contributed by atoms with van der Waals surface area (Å²) in [6.45, 7) is 3.46. The van der Waals surface area contributed by atoms with E-state index >= 15 is 0 Å². The molecule has 5 nitrogen and oxygen atoms in total. The van der Waals surface area contributed by atoms with Crippen molar-refractivity contribution in [2.75, 3.05) is 33.3 Å². The molecule has 1 unspecified atom stereocenters. The Morgan fingerprint density at radius 1 is 1.00 bits per heavy atom. The summed E-state index contributed by atoms with van der Waals surface area (Å²) >= 11 is 0. The molecule has 0 spiro atoms. The van der Waals surface area contributed by atoms with Gasteiger partial charge >= 0.3 is 5.97 Å². The van der Waals surface area contributed by atoms with Crippen LogP contribution in [-0.4, -0.2) is 55.0 Å². The molecule has 1 N–H and O–H groups in total. The Hall–Kier alpha value is -1.89. The van der Waals surface area contributed by atoms with Crippen molar-refractivity contribution in [2.45, 2.75) is 75.9 Å². The lowest BCUT2D eigenvalue weighted by molar-refractivity contribution is -0.899. The number of carbonyl (C=O) groups is 1. The smallest absolute Gasteiger partial charge is 0.343 e. The number of carbonyl (C=O) groups excluding carboxylic acids is 1. The Labute approximate surface area is 232 Å². The molecule has 202 valence electrons. The van der Waals surface area contributed by atoms with Crippen LogP contribution in [0.15, 0.2) is 48.5 Å². The lowest BCUT2D eigenvalue weighted by Gasteiger charge is -2.33. The van der Waals surface area contributed by atoms with Crippen LogP contribution in [0.4, 0.5) is 0 Å². The fourth-order valence-electron chi connectivity index (χ4n) is 6.66. The van der Waals surface area contributed by atoms with Crippen molar-refractivity contribution < 1.29 is 40.8 Å². The van der Waals surface area contributed by atoms with Gasteiger partial charge in [0.25, 0.3) is 0 Å². The average Bonchev–Trinajstić information content (AvgIpc) is 3.57. The van der Waals surface area contributed by atoms with E-state index in [0.29, 0.717) is 12.2 Å². The number of aliphatic hydroxyl groups is 1. The first kappa shape index (κ1) is 28.1. The second-order valence-electron chi connectivity index (χ2n) is 11.5. The van der Waals surface area contributed by atoms with Crippen LogP contribution in [0.2, 0.25) is 0 Å². The fourth-order valence-corrected chi connectivity index (χ4v) is 6.66. The second-order valence-corrected chi connectivity index (χ2v) is 11.5. The summed E-state index contributed by atoms with van der Waals surface area (Å²) in [5, 5.41) is 11.7. The quantitative estimate of drug-likeness (QED) is 0.285. The van der Waals surface area contributed by atoms with Crippen LogP contribution in [-0.2, 0) is 28.0 Å². The number of likely N-dealkylation sites (N-methyl/N-ethyl adjacent to an activating group) is 1. The minimum Gasteiger partial charge on any atom is -1.00 e. The van der Waals surface area contributed by atoms with Gasteiger partial charge in [0, 0.05) is 18.8 Å². The van der Waals surface area contributed by atoms with Crippen LogP contribution in [0.5, 0.6) is 5.75 Å². The number of rotatable bonds is 9. The molecule has 6 heteroatoms. The van der Waals surface area contributed by atoms with E-state index in [2.05, 4.69) is 25.2 Å². The predicted molar refractivity (Wildman–Crippen MR) is 141 cm³/mol. The predicted octanol–water partition coefficient (Wildman–Crippen LogP) is 2.18. The summed E-state index contributed by atoms with van der Waals surface area (Å²) in [5.74, 6) is 0.448. The molecule has 5 rings (SSSR count). The zero-order valence-corrected chi connectivity index (χ0v) is 23.8. The number of benzene rings is 2. The van der Waals surface area contributed by atoms with Gasteiger partial charge in [-0.1, -0.05) is 49.2 Å². The zero-order valence-electron chi connectivity index (χ0n) is 22.2. The molecule has 0 radical (unpaired) electrons. The lowest BCUT2D eigenvalue weighted by atomic mass is 9.80. The van der Waals surface area contributed by atoms with Crippen LogP contribution >= 0.6 is 0 Å². The van der Waals surface area contributed by atoms with Crippen LogP contribution in [0.25, 0.3) is 0 Å². The largest absolute Gasteiger partial charge is 1.00 e. The van der Waals surface area contributed by atoms with Crippen molar-refractivity contribution in [2.24, 2.45) is 5.92 Å². The second kappa shape index (κ2) is 12.3. The minimum atomic E-state index is -1.55. The third-order valence-electron chi connectivity index (χ3n) is 8.81. The topological polar surface area (TPSA) is 55.8 Å². The molecule has 37 heavy (non-hydrogen) atoms. The Kier molecular flexibility index (Phi) is 9.36. The molecule has 3 aliphatic rings. The highest BCUT2D eigenvalue weighted by Crippen LogP contribution is 2.42. The summed E-state index contributed by atoms with van der Waals surface area (Å²) in [5.41, 5.74) is 2.05. The highest BCUT2D eigenvalue weighted by molar-refractivity contribution is 5.81. The standard InChI is InChI=1S/C31H42NO4.BrH/c1-32(19-9-21-35-28-17-16-24-10-5-6-11-25(24)22-28)20-18-29(23-32)36-30(33)31(34,27-14-7-8-15-27)26-12-3-2-4-13-26;/h2-4,12-13,16-17,22,27,29,34H,5-11,14-15,18-21,23H2,1H3;1H/q+1;/p-1/t29-,31+,32?;/m1./s1. The molecule has 0 amide bonds. The molecule has 1 saturated heterocycles. The van der Waals surface area contributed by atoms with Gasteiger partial charge in [0.2, 0.25) is 0 Å². The van der Waals surface area contributed by atoms with Crippen molar-refractivity contribution in [3.05, 3.63) is 65.2 Å². The molecule has 1 heterocycles. The van der Waals surface area contributed by atoms with Crippen molar-refractivity contribution in [1.82, 2.24) is 0 Å². The van der Waals surface area contributed by atoms with Gasteiger partial charge in [-0.3, -0.25) is 0 Å². The molecule has 1 saturated carbocycles. The lowest BCUT2D eigenvalue weighted by Crippen LogP contribution is -3.00. The van der Waals surface area contributed by atoms with Crippen molar-refractivity contribution in [1.29, 1.82) is 0 Å². The van der Waals surface area contributed by atoms with Gasteiger partial charge in [0.05, 0.1) is 26.7 Å². The molecule has 1 aliphatic heterocycles. The zero-order chi connectivity index (χ0) is 25.0. The summed E-state index contributed by atoms with van der Waals surface area (Å²) in [6, 6.07) is 16.0. The SMILES string of the molecule is C[N+]1(CCCOc2ccc3c(c2)CCCC3)CC[C@@H](OC(=O)[C@](O)(c2ccccc2)C2CCCC2)C1.[Br-]. The monoisotopic (exact) mass is 571 g/mol. The number of esters is 1. The maximum absolute atomic E-state index is 13.4. The maximum atomic E-state index is 13.4. The third-order valence-corrected chi connectivity index (χ3v) is 8.81. The first-order chi connectivity index (χ1) is 17.5. The molecular formula is C31H42BrNO4. The number of quaternary nitrogens is 1. The Morgan fingerprint density at radius 2 is 1.73 bits per heavy atom. The molecule has 0 aromatic heterocycles. The van der Waals surface area contributed by atoms with E-state index in [1.54, 1.807) is 0 Å². The van der Waals surface area contributed by atoms with Crippen LogP contribution in [0.1, 0.15) is 68.1 Å². The first-order valence-corrected chi connectivity index (χ1v) is 14.0. The van der Waals surface area contributed by atoms with Gasteiger partial charge < -0.3 is 36.0 Å².